The number of hydrogen-bond acceptors (Lipinski definition) is 2. The first kappa shape index (κ1) is 16.9. The van der Waals surface area contributed by atoms with E-state index in [4.69, 9.17) is 5.11 Å². The zero-order chi connectivity index (χ0) is 18.0. The fraction of sp³-hybridized carbons (Fsp3) is 0.182. The molecule has 3 rings (SSSR count). The van der Waals surface area contributed by atoms with Gasteiger partial charge in [-0.15, -0.1) is 0 Å². The number of carboxylic acid groups (broad SMARTS) is 1. The molecule has 2 aliphatic rings. The molecule has 1 N–H and O–H groups in total. The van der Waals surface area contributed by atoms with E-state index in [1.54, 1.807) is 0 Å². The summed E-state index contributed by atoms with van der Waals surface area (Å²) >= 11 is 0. The normalized spacial score (nSPS) is 10.8. The molecule has 0 spiro atoms. The molecule has 126 valence electrons. The molecule has 0 amide bonds. The van der Waals surface area contributed by atoms with Gasteiger partial charge < -0.3 is 5.11 Å². The van der Waals surface area contributed by atoms with Crippen molar-refractivity contribution in [3.8, 4) is 11.1 Å². The van der Waals surface area contributed by atoms with Gasteiger partial charge in [0.05, 0.1) is 0 Å². The lowest BCUT2D eigenvalue weighted by molar-refractivity contribution is -0.136. The predicted octanol–water partition coefficient (Wildman–Crippen LogP) is 4.66. The van der Waals surface area contributed by atoms with Gasteiger partial charge in [-0.05, 0) is 42.5 Å². The number of carboxylic acids is 1. The maximum atomic E-state index is 13.1. The van der Waals surface area contributed by atoms with E-state index in [9.17, 15) is 9.59 Å². The van der Waals surface area contributed by atoms with Crippen LogP contribution in [-0.2, 0) is 11.2 Å². The molecule has 3 nitrogen and oxygen atoms in total. The molecule has 0 heterocycles. The van der Waals surface area contributed by atoms with Crippen LogP contribution in [0.3, 0.4) is 0 Å². The zero-order valence-electron chi connectivity index (χ0n) is 14.4. The Kier molecular flexibility index (Phi) is 4.66. The number of carbonyl (C=O) groups is 2. The first-order valence-corrected chi connectivity index (χ1v) is 8.32. The SMILES string of the molecule is Cc1ccc(C(=O)c2c3cccccc-3c(CCC(=O)O)c2C)cc1. The van der Waals surface area contributed by atoms with Gasteiger partial charge in [0.25, 0.3) is 0 Å². The zero-order valence-corrected chi connectivity index (χ0v) is 14.4. The average Bonchev–Trinajstić information content (AvgIpc) is 2.72. The van der Waals surface area contributed by atoms with E-state index < -0.39 is 5.97 Å². The number of aryl methyl sites for hydroxylation is 1. The van der Waals surface area contributed by atoms with Gasteiger partial charge in [0, 0.05) is 17.5 Å². The maximum absolute atomic E-state index is 13.1. The quantitative estimate of drug-likeness (QED) is 0.692. The first-order valence-electron chi connectivity index (χ1n) is 8.32. The Balaban J connectivity index is 2.14. The summed E-state index contributed by atoms with van der Waals surface area (Å²) in [6, 6.07) is 17.2. The van der Waals surface area contributed by atoms with E-state index in [2.05, 4.69) is 0 Å². The van der Waals surface area contributed by atoms with Gasteiger partial charge >= 0.3 is 5.97 Å². The summed E-state index contributed by atoms with van der Waals surface area (Å²) in [7, 11) is 0. The molecule has 25 heavy (non-hydrogen) atoms. The van der Waals surface area contributed by atoms with Gasteiger partial charge in [-0.25, -0.2) is 0 Å². The Morgan fingerprint density at radius 3 is 2.16 bits per heavy atom. The Labute approximate surface area is 147 Å². The van der Waals surface area contributed by atoms with Crippen molar-refractivity contribution in [2.24, 2.45) is 0 Å². The number of ketones is 1. The van der Waals surface area contributed by atoms with Gasteiger partial charge in [0.2, 0.25) is 0 Å². The summed E-state index contributed by atoms with van der Waals surface area (Å²) in [4.78, 5) is 24.1. The Hall–Kier alpha value is -2.94. The van der Waals surface area contributed by atoms with Crippen LogP contribution in [0.4, 0.5) is 0 Å². The lowest BCUT2D eigenvalue weighted by Gasteiger charge is -2.04. The van der Waals surface area contributed by atoms with Crippen molar-refractivity contribution in [2.75, 3.05) is 0 Å². The summed E-state index contributed by atoms with van der Waals surface area (Å²) in [5, 5.41) is 9.04. The summed E-state index contributed by atoms with van der Waals surface area (Å²) in [6.07, 6.45) is 0.472. The highest BCUT2D eigenvalue weighted by Crippen LogP contribution is 2.38. The predicted molar refractivity (Wildman–Crippen MR) is 98.4 cm³/mol. The smallest absolute Gasteiger partial charge is 0.303 e. The summed E-state index contributed by atoms with van der Waals surface area (Å²) in [6.45, 7) is 3.90. The molecule has 0 saturated heterocycles. The van der Waals surface area contributed by atoms with Crippen LogP contribution in [0.5, 0.6) is 0 Å². The molecule has 3 heteroatoms. The second kappa shape index (κ2) is 6.89. The third kappa shape index (κ3) is 3.31. The van der Waals surface area contributed by atoms with Crippen molar-refractivity contribution < 1.29 is 14.7 Å². The lowest BCUT2D eigenvalue weighted by atomic mass is 9.98. The molecule has 0 atom stereocenters. The number of rotatable bonds is 5. The van der Waals surface area contributed by atoms with Crippen LogP contribution >= 0.6 is 0 Å². The van der Waals surface area contributed by atoms with E-state index in [0.29, 0.717) is 17.5 Å². The minimum atomic E-state index is -0.833. The third-order valence-corrected chi connectivity index (χ3v) is 4.59. The molecule has 2 aliphatic carbocycles. The van der Waals surface area contributed by atoms with Crippen molar-refractivity contribution >= 4 is 11.8 Å². The minimum absolute atomic E-state index is 0.0183. The van der Waals surface area contributed by atoms with Gasteiger partial charge in [-0.3, -0.25) is 9.59 Å². The van der Waals surface area contributed by atoms with Gasteiger partial charge in [0.1, 0.15) is 0 Å². The molecule has 1 aromatic carbocycles. The third-order valence-electron chi connectivity index (χ3n) is 4.59. The van der Waals surface area contributed by atoms with Crippen molar-refractivity contribution in [3.05, 3.63) is 82.4 Å². The van der Waals surface area contributed by atoms with Crippen molar-refractivity contribution in [2.45, 2.75) is 26.7 Å². The Morgan fingerprint density at radius 1 is 0.880 bits per heavy atom. The molecule has 0 aliphatic heterocycles. The monoisotopic (exact) mass is 332 g/mol. The highest BCUT2D eigenvalue weighted by Gasteiger charge is 2.25. The van der Waals surface area contributed by atoms with Crippen LogP contribution < -0.4 is 0 Å². The molecule has 0 fully saturated rings. The molecule has 1 aromatic rings. The molecule has 0 radical (unpaired) electrons. The highest BCUT2D eigenvalue weighted by molar-refractivity contribution is 6.15. The van der Waals surface area contributed by atoms with Crippen LogP contribution in [0, 0.1) is 13.8 Å². The standard InChI is InChI=1S/C22H20O3/c1-14-8-10-16(11-9-14)22(25)21-15(2)17(12-13-20(23)24)18-6-4-3-5-7-19(18)21/h3-11H,12-13H2,1-2H3,(H,23,24). The van der Waals surface area contributed by atoms with Crippen molar-refractivity contribution in [1.29, 1.82) is 0 Å². The Bertz CT molecular complexity index is 907. The number of hydrogen-bond donors (Lipinski definition) is 1. The Morgan fingerprint density at radius 2 is 1.52 bits per heavy atom. The van der Waals surface area contributed by atoms with E-state index in [1.165, 1.54) is 0 Å². The number of carbonyl (C=O) groups excluding carboxylic acids is 1. The summed E-state index contributed by atoms with van der Waals surface area (Å²) in [5.74, 6) is -0.851. The second-order valence-electron chi connectivity index (χ2n) is 6.31. The summed E-state index contributed by atoms with van der Waals surface area (Å²) in [5.41, 5.74) is 6.10. The van der Waals surface area contributed by atoms with E-state index in [0.717, 1.165) is 27.8 Å². The van der Waals surface area contributed by atoms with Gasteiger partial charge in [-0.1, -0.05) is 60.2 Å². The molecule has 0 aromatic heterocycles. The van der Waals surface area contributed by atoms with Gasteiger partial charge in [0.15, 0.2) is 5.78 Å². The fourth-order valence-electron chi connectivity index (χ4n) is 3.28. The van der Waals surface area contributed by atoms with Crippen LogP contribution in [0.25, 0.3) is 11.1 Å². The average molecular weight is 332 g/mol. The van der Waals surface area contributed by atoms with E-state index in [-0.39, 0.29) is 12.2 Å². The van der Waals surface area contributed by atoms with Crippen LogP contribution in [0.1, 0.15) is 39.0 Å². The largest absolute Gasteiger partial charge is 0.481 e. The maximum Gasteiger partial charge on any atom is 0.303 e. The van der Waals surface area contributed by atoms with Crippen molar-refractivity contribution in [3.63, 3.8) is 0 Å². The number of aliphatic carboxylic acids is 1. The number of fused-ring (bicyclic) bond motifs is 1. The highest BCUT2D eigenvalue weighted by atomic mass is 16.4. The lowest BCUT2D eigenvalue weighted by Crippen LogP contribution is -2.03. The molecule has 0 saturated carbocycles. The topological polar surface area (TPSA) is 54.4 Å². The van der Waals surface area contributed by atoms with E-state index in [1.807, 2.05) is 68.4 Å². The van der Waals surface area contributed by atoms with Crippen LogP contribution in [-0.4, -0.2) is 16.9 Å². The van der Waals surface area contributed by atoms with Gasteiger partial charge in [-0.2, -0.15) is 0 Å². The molecule has 0 unspecified atom stereocenters. The molecular formula is C22H20O3. The molecular weight excluding hydrogens is 312 g/mol. The fourth-order valence-corrected chi connectivity index (χ4v) is 3.28. The first-order chi connectivity index (χ1) is 12.0. The number of benzene rings is 1. The van der Waals surface area contributed by atoms with Crippen LogP contribution in [0.15, 0.2) is 54.6 Å². The van der Waals surface area contributed by atoms with Crippen molar-refractivity contribution in [1.82, 2.24) is 0 Å². The molecule has 0 bridgehead atoms. The summed E-state index contributed by atoms with van der Waals surface area (Å²) < 4.78 is 0. The second-order valence-corrected chi connectivity index (χ2v) is 6.31. The van der Waals surface area contributed by atoms with Crippen LogP contribution in [0.2, 0.25) is 0 Å². The van der Waals surface area contributed by atoms with E-state index >= 15 is 0 Å². The minimum Gasteiger partial charge on any atom is -0.481 e.